The summed E-state index contributed by atoms with van der Waals surface area (Å²) >= 11 is 1.73. The normalized spacial score (nSPS) is 25.8. The minimum atomic E-state index is 0.351. The molecule has 0 saturated heterocycles. The molecule has 0 amide bonds. The number of ether oxygens (including phenoxy) is 1. The van der Waals surface area contributed by atoms with Gasteiger partial charge in [0.05, 0.1) is 23.4 Å². The number of nitrogens with zero attached hydrogens (tertiary/aromatic N) is 2. The number of nitrogens with one attached hydrogen (secondary N) is 2. The van der Waals surface area contributed by atoms with E-state index in [1.54, 1.807) is 11.3 Å². The summed E-state index contributed by atoms with van der Waals surface area (Å²) in [5.41, 5.74) is 1.44. The predicted molar refractivity (Wildman–Crippen MR) is 94.9 cm³/mol. The molecule has 1 heterocycles. The average molecular weight is 337 g/mol. The number of rotatable bonds is 6. The zero-order valence-corrected chi connectivity index (χ0v) is 15.2. The van der Waals surface area contributed by atoms with Gasteiger partial charge in [-0.05, 0) is 32.6 Å². The number of hydrogen-bond donors (Lipinski definition) is 2. The van der Waals surface area contributed by atoms with Crippen LogP contribution in [0.3, 0.4) is 0 Å². The van der Waals surface area contributed by atoms with Gasteiger partial charge in [-0.1, -0.05) is 13.3 Å². The quantitative estimate of drug-likeness (QED) is 0.619. The van der Waals surface area contributed by atoms with Gasteiger partial charge in [-0.25, -0.2) is 4.98 Å². The zero-order valence-electron chi connectivity index (χ0n) is 14.4. The molecule has 128 valence electrons. The number of thiazole rings is 1. The fourth-order valence-corrected chi connectivity index (χ4v) is 4.51. The largest absolute Gasteiger partial charge is 0.378 e. The van der Waals surface area contributed by atoms with Crippen LogP contribution in [0.25, 0.3) is 0 Å². The van der Waals surface area contributed by atoms with Gasteiger partial charge in [0.2, 0.25) is 0 Å². The zero-order chi connectivity index (χ0) is 16.3. The minimum absolute atomic E-state index is 0.351. The van der Waals surface area contributed by atoms with E-state index in [9.17, 15) is 0 Å². The van der Waals surface area contributed by atoms with Gasteiger partial charge in [-0.15, -0.1) is 11.3 Å². The maximum Gasteiger partial charge on any atom is 0.191 e. The lowest BCUT2D eigenvalue weighted by Crippen LogP contribution is -2.68. The van der Waals surface area contributed by atoms with Crippen molar-refractivity contribution >= 4 is 17.3 Å². The molecule has 1 spiro atoms. The van der Waals surface area contributed by atoms with E-state index in [4.69, 9.17) is 4.74 Å². The molecule has 2 atom stereocenters. The number of guanidine groups is 1. The Morgan fingerprint density at radius 1 is 1.48 bits per heavy atom. The van der Waals surface area contributed by atoms with Crippen LogP contribution in [0, 0.1) is 5.41 Å². The van der Waals surface area contributed by atoms with Crippen LogP contribution >= 0.6 is 11.3 Å². The Labute approximate surface area is 142 Å². The third kappa shape index (κ3) is 3.24. The molecule has 23 heavy (non-hydrogen) atoms. The second-order valence-corrected chi connectivity index (χ2v) is 7.42. The van der Waals surface area contributed by atoms with Gasteiger partial charge in [0.25, 0.3) is 0 Å². The Kier molecular flexibility index (Phi) is 5.21. The van der Waals surface area contributed by atoms with Gasteiger partial charge in [0.1, 0.15) is 0 Å². The first-order valence-corrected chi connectivity index (χ1v) is 9.62. The number of aryl methyl sites for hydroxylation is 1. The van der Waals surface area contributed by atoms with Crippen LogP contribution in [0.5, 0.6) is 0 Å². The van der Waals surface area contributed by atoms with Crippen molar-refractivity contribution in [3.05, 3.63) is 16.1 Å². The van der Waals surface area contributed by atoms with Crippen molar-refractivity contribution in [3.63, 3.8) is 0 Å². The Bertz CT molecular complexity index is 553. The SMILES string of the molecule is CCOC1CC(NC(=NC)NCc2csc(CC)n2)C12CCC2. The van der Waals surface area contributed by atoms with Crippen LogP contribution in [0.15, 0.2) is 10.4 Å². The standard InChI is InChI=1S/C17H28N4OS/c1-4-15-20-12(11-23-15)10-19-16(18-3)21-13-9-14(22-5-2)17(13)7-6-8-17/h11,13-14H,4-10H2,1-3H3,(H2,18,19,21). The fourth-order valence-electron chi connectivity index (χ4n) is 3.77. The van der Waals surface area contributed by atoms with Crippen LogP contribution in [0.2, 0.25) is 0 Å². The van der Waals surface area contributed by atoms with Gasteiger partial charge in [-0.3, -0.25) is 4.99 Å². The molecular formula is C17H28N4OS. The highest BCUT2D eigenvalue weighted by Crippen LogP contribution is 2.57. The Balaban J connectivity index is 1.52. The molecule has 0 bridgehead atoms. The molecule has 1 aromatic heterocycles. The van der Waals surface area contributed by atoms with E-state index in [0.29, 0.717) is 17.6 Å². The lowest BCUT2D eigenvalue weighted by molar-refractivity contribution is -0.168. The summed E-state index contributed by atoms with van der Waals surface area (Å²) in [6.45, 7) is 5.77. The molecule has 0 aliphatic heterocycles. The number of aliphatic imine (C=N–C) groups is 1. The number of hydrogen-bond acceptors (Lipinski definition) is 4. The van der Waals surface area contributed by atoms with Crippen molar-refractivity contribution < 1.29 is 4.74 Å². The summed E-state index contributed by atoms with van der Waals surface area (Å²) in [6, 6.07) is 0.487. The first-order chi connectivity index (χ1) is 11.2. The molecule has 2 saturated carbocycles. The summed E-state index contributed by atoms with van der Waals surface area (Å²) in [5, 5.41) is 10.3. The van der Waals surface area contributed by atoms with Crippen molar-refractivity contribution in [2.24, 2.45) is 10.4 Å². The maximum absolute atomic E-state index is 5.92. The summed E-state index contributed by atoms with van der Waals surface area (Å²) in [7, 11) is 1.83. The second kappa shape index (κ2) is 7.18. The van der Waals surface area contributed by atoms with Crippen LogP contribution < -0.4 is 10.6 Å². The van der Waals surface area contributed by atoms with Gasteiger partial charge >= 0.3 is 0 Å². The summed E-state index contributed by atoms with van der Waals surface area (Å²) in [6.07, 6.45) is 6.40. The molecule has 1 aromatic rings. The highest BCUT2D eigenvalue weighted by atomic mass is 32.1. The molecule has 5 nitrogen and oxygen atoms in total. The summed E-state index contributed by atoms with van der Waals surface area (Å²) in [5.74, 6) is 0.877. The molecule has 2 unspecified atom stereocenters. The van der Waals surface area contributed by atoms with E-state index in [-0.39, 0.29) is 0 Å². The van der Waals surface area contributed by atoms with Crippen LogP contribution in [-0.2, 0) is 17.7 Å². The van der Waals surface area contributed by atoms with Crippen molar-refractivity contribution in [1.29, 1.82) is 0 Å². The maximum atomic E-state index is 5.92. The first kappa shape index (κ1) is 16.7. The van der Waals surface area contributed by atoms with Gasteiger partial charge < -0.3 is 15.4 Å². The summed E-state index contributed by atoms with van der Waals surface area (Å²) < 4.78 is 5.92. The molecule has 2 fully saturated rings. The topological polar surface area (TPSA) is 58.5 Å². The lowest BCUT2D eigenvalue weighted by Gasteiger charge is -2.61. The van der Waals surface area contributed by atoms with Gasteiger partial charge in [-0.2, -0.15) is 0 Å². The van der Waals surface area contributed by atoms with E-state index in [0.717, 1.165) is 37.6 Å². The van der Waals surface area contributed by atoms with E-state index >= 15 is 0 Å². The minimum Gasteiger partial charge on any atom is -0.378 e. The van der Waals surface area contributed by atoms with E-state index in [1.807, 2.05) is 7.05 Å². The van der Waals surface area contributed by atoms with Gasteiger partial charge in [0, 0.05) is 30.5 Å². The van der Waals surface area contributed by atoms with Crippen molar-refractivity contribution in [3.8, 4) is 0 Å². The van der Waals surface area contributed by atoms with Crippen LogP contribution in [-0.4, -0.2) is 36.7 Å². The average Bonchev–Trinajstić information content (AvgIpc) is 2.95. The third-order valence-corrected chi connectivity index (χ3v) is 6.35. The first-order valence-electron chi connectivity index (χ1n) is 8.74. The Hall–Kier alpha value is -1.14. The molecule has 2 aliphatic carbocycles. The van der Waals surface area contributed by atoms with Crippen molar-refractivity contribution in [2.75, 3.05) is 13.7 Å². The van der Waals surface area contributed by atoms with Crippen molar-refractivity contribution in [1.82, 2.24) is 15.6 Å². The molecule has 0 radical (unpaired) electrons. The Morgan fingerprint density at radius 3 is 2.87 bits per heavy atom. The molecule has 3 rings (SSSR count). The van der Waals surface area contributed by atoms with Gasteiger partial charge in [0.15, 0.2) is 5.96 Å². The highest BCUT2D eigenvalue weighted by Gasteiger charge is 2.59. The molecule has 2 N–H and O–H groups in total. The predicted octanol–water partition coefficient (Wildman–Crippen LogP) is 2.72. The van der Waals surface area contributed by atoms with Crippen LogP contribution in [0.1, 0.15) is 50.2 Å². The number of aromatic nitrogens is 1. The van der Waals surface area contributed by atoms with E-state index in [1.165, 1.54) is 24.3 Å². The van der Waals surface area contributed by atoms with Crippen LogP contribution in [0.4, 0.5) is 0 Å². The Morgan fingerprint density at radius 2 is 2.30 bits per heavy atom. The van der Waals surface area contributed by atoms with E-state index in [2.05, 4.69) is 39.8 Å². The van der Waals surface area contributed by atoms with Crippen molar-refractivity contribution in [2.45, 2.75) is 64.6 Å². The summed E-state index contributed by atoms with van der Waals surface area (Å²) in [4.78, 5) is 8.97. The molecule has 2 aliphatic rings. The molecular weight excluding hydrogens is 308 g/mol. The third-order valence-electron chi connectivity index (χ3n) is 5.31. The monoisotopic (exact) mass is 336 g/mol. The molecule has 6 heteroatoms. The second-order valence-electron chi connectivity index (χ2n) is 6.48. The fraction of sp³-hybridized carbons (Fsp3) is 0.765. The molecule has 0 aromatic carbocycles. The smallest absolute Gasteiger partial charge is 0.191 e. The van der Waals surface area contributed by atoms with E-state index < -0.39 is 0 Å². The highest BCUT2D eigenvalue weighted by molar-refractivity contribution is 7.09. The lowest BCUT2D eigenvalue weighted by atomic mass is 9.51.